The van der Waals surface area contributed by atoms with E-state index in [1.54, 1.807) is 0 Å². The van der Waals surface area contributed by atoms with Crippen LogP contribution in [0.3, 0.4) is 0 Å². The summed E-state index contributed by atoms with van der Waals surface area (Å²) >= 11 is 4.74. The largest absolute Gasteiger partial charge is 0.481 e. The quantitative estimate of drug-likeness (QED) is 0.155. The van der Waals surface area contributed by atoms with Crippen LogP contribution in [0.25, 0.3) is 0 Å². The van der Waals surface area contributed by atoms with E-state index in [4.69, 9.17) is 22.8 Å². The first kappa shape index (κ1) is 27.3. The second kappa shape index (κ2) is 17.9. The van der Waals surface area contributed by atoms with Crippen LogP contribution in [0.1, 0.15) is 116 Å². The maximum absolute atomic E-state index is 10.5. The Morgan fingerprint density at radius 3 is 1.63 bits per heavy atom. The van der Waals surface area contributed by atoms with Crippen LogP contribution in [0.2, 0.25) is 0 Å². The predicted molar refractivity (Wildman–Crippen MR) is 127 cm³/mol. The average Bonchev–Trinajstić information content (AvgIpc) is 3.04. The molecule has 0 unspecified atom stereocenters. The summed E-state index contributed by atoms with van der Waals surface area (Å²) in [6.45, 7) is 2.33. The van der Waals surface area contributed by atoms with Gasteiger partial charge in [-0.15, -0.1) is 0 Å². The molecule has 176 valence electrons. The number of carboxylic acid groups (broad SMARTS) is 2. The molecule has 6 heteroatoms. The van der Waals surface area contributed by atoms with Crippen molar-refractivity contribution in [2.75, 3.05) is 13.1 Å². The minimum absolute atomic E-state index is 0.314. The first-order valence-electron chi connectivity index (χ1n) is 12.3. The van der Waals surface area contributed by atoms with Crippen LogP contribution in [0.4, 0.5) is 0 Å². The normalized spacial score (nSPS) is 19.4. The number of rotatable bonds is 20. The Morgan fingerprint density at radius 1 is 0.700 bits per heavy atom. The zero-order valence-electron chi connectivity index (χ0n) is 18.9. The van der Waals surface area contributed by atoms with Gasteiger partial charge in [-0.05, 0) is 38.6 Å². The Bertz CT molecular complexity index is 420. The van der Waals surface area contributed by atoms with Crippen molar-refractivity contribution in [3.63, 3.8) is 0 Å². The third-order valence-electron chi connectivity index (χ3n) is 6.27. The number of thiol groups is 1. The van der Waals surface area contributed by atoms with Gasteiger partial charge in [0.2, 0.25) is 0 Å². The molecule has 0 aromatic rings. The van der Waals surface area contributed by atoms with Crippen LogP contribution in [-0.2, 0) is 9.59 Å². The van der Waals surface area contributed by atoms with Gasteiger partial charge in [0.05, 0.1) is 0 Å². The number of likely N-dealkylation sites (tertiary alicyclic amines) is 1. The molecule has 1 rings (SSSR count). The van der Waals surface area contributed by atoms with Crippen molar-refractivity contribution in [2.24, 2.45) is 0 Å². The van der Waals surface area contributed by atoms with Gasteiger partial charge < -0.3 is 10.2 Å². The molecule has 0 aromatic carbocycles. The fraction of sp³-hybridized carbons (Fsp3) is 0.917. The molecule has 5 nitrogen and oxygen atoms in total. The van der Waals surface area contributed by atoms with E-state index in [1.807, 2.05) is 0 Å². The summed E-state index contributed by atoms with van der Waals surface area (Å²) in [7, 11) is 0. The molecule has 1 aliphatic rings. The number of carbonyl (C=O) groups is 2. The standard InChI is InChI=1S/C24H45NO4S/c26-23(27)16-12-8-4-1-3-7-11-15-21-19-22(30)20-25(21)18-14-10-6-2-5-9-13-17-24(28)29/h21-22,30H,1-20H2,(H,26,27)(H,28,29)/t21-,22-/m0/s1. The zero-order chi connectivity index (χ0) is 22.0. The summed E-state index contributed by atoms with van der Waals surface area (Å²) in [5, 5.41) is 17.8. The smallest absolute Gasteiger partial charge is 0.303 e. The van der Waals surface area contributed by atoms with Crippen LogP contribution >= 0.6 is 12.6 Å². The lowest BCUT2D eigenvalue weighted by atomic mass is 10.0. The zero-order valence-corrected chi connectivity index (χ0v) is 19.8. The highest BCUT2D eigenvalue weighted by Gasteiger charge is 2.28. The molecule has 0 aliphatic carbocycles. The molecular formula is C24H45NO4S. The summed E-state index contributed by atoms with van der Waals surface area (Å²) < 4.78 is 0. The lowest BCUT2D eigenvalue weighted by molar-refractivity contribution is -0.138. The lowest BCUT2D eigenvalue weighted by Crippen LogP contribution is -2.30. The van der Waals surface area contributed by atoms with Gasteiger partial charge in [-0.3, -0.25) is 14.5 Å². The molecule has 1 aliphatic heterocycles. The lowest BCUT2D eigenvalue weighted by Gasteiger charge is -2.24. The first-order valence-corrected chi connectivity index (χ1v) is 12.9. The van der Waals surface area contributed by atoms with E-state index in [9.17, 15) is 9.59 Å². The third-order valence-corrected chi connectivity index (χ3v) is 6.64. The molecule has 30 heavy (non-hydrogen) atoms. The summed E-state index contributed by atoms with van der Waals surface area (Å²) in [6.07, 6.45) is 19.4. The molecule has 2 atom stereocenters. The molecule has 0 saturated carbocycles. The molecular weight excluding hydrogens is 398 g/mol. The van der Waals surface area contributed by atoms with E-state index in [2.05, 4.69) is 4.90 Å². The molecule has 0 radical (unpaired) electrons. The van der Waals surface area contributed by atoms with Crippen LogP contribution in [0.15, 0.2) is 0 Å². The number of hydrogen-bond donors (Lipinski definition) is 3. The van der Waals surface area contributed by atoms with Crippen molar-refractivity contribution >= 4 is 24.6 Å². The second-order valence-corrected chi connectivity index (χ2v) is 9.79. The molecule has 0 spiro atoms. The van der Waals surface area contributed by atoms with Crippen LogP contribution in [-0.4, -0.2) is 51.4 Å². The Morgan fingerprint density at radius 2 is 1.13 bits per heavy atom. The molecule has 2 N–H and O–H groups in total. The van der Waals surface area contributed by atoms with E-state index in [1.165, 1.54) is 77.2 Å². The summed E-state index contributed by atoms with van der Waals surface area (Å²) in [4.78, 5) is 23.6. The van der Waals surface area contributed by atoms with Crippen molar-refractivity contribution < 1.29 is 19.8 Å². The van der Waals surface area contributed by atoms with Gasteiger partial charge in [0.1, 0.15) is 0 Å². The van der Waals surface area contributed by atoms with Gasteiger partial charge in [0.25, 0.3) is 0 Å². The minimum atomic E-state index is -0.675. The SMILES string of the molecule is O=C(O)CCCCCCCCC[C@H]1C[C@H](S)CN1CCCCCCCCCC(=O)O. The van der Waals surface area contributed by atoms with Crippen LogP contribution < -0.4 is 0 Å². The topological polar surface area (TPSA) is 77.8 Å². The number of hydrogen-bond acceptors (Lipinski definition) is 4. The highest BCUT2D eigenvalue weighted by molar-refractivity contribution is 7.81. The highest BCUT2D eigenvalue weighted by atomic mass is 32.1. The number of nitrogens with zero attached hydrogens (tertiary/aromatic N) is 1. The van der Waals surface area contributed by atoms with E-state index in [-0.39, 0.29) is 0 Å². The van der Waals surface area contributed by atoms with Crippen LogP contribution in [0.5, 0.6) is 0 Å². The fourth-order valence-corrected chi connectivity index (χ4v) is 5.00. The van der Waals surface area contributed by atoms with Crippen molar-refractivity contribution in [2.45, 2.75) is 127 Å². The van der Waals surface area contributed by atoms with Gasteiger partial charge >= 0.3 is 11.9 Å². The number of carboxylic acids is 2. The van der Waals surface area contributed by atoms with Gasteiger partial charge in [-0.25, -0.2) is 0 Å². The molecule has 1 fully saturated rings. The van der Waals surface area contributed by atoms with Gasteiger partial charge in [-0.1, -0.05) is 70.6 Å². The molecule has 0 bridgehead atoms. The summed E-state index contributed by atoms with van der Waals surface area (Å²) in [5.74, 6) is -1.35. The molecule has 0 amide bonds. The highest BCUT2D eigenvalue weighted by Crippen LogP contribution is 2.26. The maximum Gasteiger partial charge on any atom is 0.303 e. The Labute approximate surface area is 189 Å². The van der Waals surface area contributed by atoms with Gasteiger partial charge in [0.15, 0.2) is 0 Å². The van der Waals surface area contributed by atoms with E-state index in [0.717, 1.165) is 38.6 Å². The van der Waals surface area contributed by atoms with E-state index in [0.29, 0.717) is 24.1 Å². The summed E-state index contributed by atoms with van der Waals surface area (Å²) in [5.41, 5.74) is 0. The number of unbranched alkanes of at least 4 members (excludes halogenated alkanes) is 12. The molecule has 1 heterocycles. The van der Waals surface area contributed by atoms with Crippen molar-refractivity contribution in [3.8, 4) is 0 Å². The van der Waals surface area contributed by atoms with Gasteiger partial charge in [-0.2, -0.15) is 12.6 Å². The second-order valence-electron chi connectivity index (χ2n) is 9.06. The summed E-state index contributed by atoms with van der Waals surface area (Å²) in [6, 6.07) is 0.707. The molecule has 0 aromatic heterocycles. The first-order chi connectivity index (χ1) is 14.5. The van der Waals surface area contributed by atoms with Crippen molar-refractivity contribution in [1.82, 2.24) is 4.90 Å². The van der Waals surface area contributed by atoms with Crippen LogP contribution in [0, 0.1) is 0 Å². The Kier molecular flexibility index (Phi) is 16.3. The van der Waals surface area contributed by atoms with Gasteiger partial charge in [0, 0.05) is 30.7 Å². The number of aliphatic carboxylic acids is 2. The molecule has 1 saturated heterocycles. The Balaban J connectivity index is 1.98. The van der Waals surface area contributed by atoms with Crippen molar-refractivity contribution in [1.29, 1.82) is 0 Å². The minimum Gasteiger partial charge on any atom is -0.481 e. The average molecular weight is 444 g/mol. The third kappa shape index (κ3) is 15.1. The monoisotopic (exact) mass is 443 g/mol. The fourth-order valence-electron chi connectivity index (χ4n) is 4.55. The van der Waals surface area contributed by atoms with E-state index < -0.39 is 11.9 Å². The Hall–Kier alpha value is -0.750. The maximum atomic E-state index is 10.5. The predicted octanol–water partition coefficient (Wildman–Crippen LogP) is 6.16. The van der Waals surface area contributed by atoms with E-state index >= 15 is 0 Å². The van der Waals surface area contributed by atoms with Crippen molar-refractivity contribution in [3.05, 3.63) is 0 Å².